The smallest absolute Gasteiger partial charge is 0.155 e. The third kappa shape index (κ3) is 3.12. The minimum absolute atomic E-state index is 0.489. The number of hydrogen-bond donors (Lipinski definition) is 3. The van der Waals surface area contributed by atoms with Crippen molar-refractivity contribution in [3.8, 4) is 0 Å². The van der Waals surface area contributed by atoms with Gasteiger partial charge in [-0.1, -0.05) is 25.3 Å². The first-order valence-electron chi connectivity index (χ1n) is 6.53. The zero-order valence-corrected chi connectivity index (χ0v) is 10.7. The monoisotopic (exact) mass is 247 g/mol. The van der Waals surface area contributed by atoms with Gasteiger partial charge in [0.05, 0.1) is 0 Å². The van der Waals surface area contributed by atoms with Crippen LogP contribution in [0.5, 0.6) is 0 Å². The fourth-order valence-electron chi connectivity index (χ4n) is 2.26. The van der Waals surface area contributed by atoms with E-state index in [1.807, 2.05) is 0 Å². The molecule has 1 heterocycles. The van der Waals surface area contributed by atoms with Crippen LogP contribution in [0.1, 0.15) is 32.1 Å². The molecule has 0 radical (unpaired) electrons. The summed E-state index contributed by atoms with van der Waals surface area (Å²) < 4.78 is 0. The van der Waals surface area contributed by atoms with Crippen LogP contribution in [0.3, 0.4) is 0 Å². The summed E-state index contributed by atoms with van der Waals surface area (Å²) in [6, 6.07) is 0.489. The van der Waals surface area contributed by atoms with E-state index < -0.39 is 0 Å². The van der Waals surface area contributed by atoms with E-state index in [9.17, 15) is 0 Å². The van der Waals surface area contributed by atoms with Crippen LogP contribution in [0.4, 0.5) is 17.3 Å². The van der Waals surface area contributed by atoms with Crippen molar-refractivity contribution in [1.29, 1.82) is 0 Å². The summed E-state index contributed by atoms with van der Waals surface area (Å²) in [7, 11) is 0. The van der Waals surface area contributed by atoms with Crippen molar-refractivity contribution in [3.63, 3.8) is 0 Å². The highest BCUT2D eigenvalue weighted by molar-refractivity contribution is 5.74. The number of hydrogen-bond acceptors (Lipinski definition) is 5. The van der Waals surface area contributed by atoms with Crippen LogP contribution >= 0.6 is 0 Å². The Morgan fingerprint density at radius 1 is 1.28 bits per heavy atom. The lowest BCUT2D eigenvalue weighted by Gasteiger charge is -2.24. The van der Waals surface area contributed by atoms with Gasteiger partial charge in [-0.3, -0.25) is 0 Å². The van der Waals surface area contributed by atoms with Crippen LogP contribution < -0.4 is 16.4 Å². The average molecular weight is 247 g/mol. The molecule has 0 unspecified atom stereocenters. The molecule has 1 saturated carbocycles. The Kier molecular flexibility index (Phi) is 4.39. The van der Waals surface area contributed by atoms with E-state index in [-0.39, 0.29) is 0 Å². The SMILES string of the molecule is C=CCNc1ncnc(NC2CCCCC2)c1N. The number of anilines is 3. The highest BCUT2D eigenvalue weighted by atomic mass is 15.1. The zero-order chi connectivity index (χ0) is 12.8. The third-order valence-corrected chi connectivity index (χ3v) is 3.24. The second-order valence-electron chi connectivity index (χ2n) is 4.63. The van der Waals surface area contributed by atoms with Crippen molar-refractivity contribution in [2.24, 2.45) is 0 Å². The van der Waals surface area contributed by atoms with Gasteiger partial charge in [-0.25, -0.2) is 9.97 Å². The maximum absolute atomic E-state index is 6.06. The van der Waals surface area contributed by atoms with Crippen molar-refractivity contribution in [1.82, 2.24) is 9.97 Å². The van der Waals surface area contributed by atoms with Crippen LogP contribution in [0.2, 0.25) is 0 Å². The first-order chi connectivity index (χ1) is 8.81. The summed E-state index contributed by atoms with van der Waals surface area (Å²) in [5, 5.41) is 6.53. The van der Waals surface area contributed by atoms with Crippen LogP contribution in [-0.4, -0.2) is 22.6 Å². The maximum atomic E-state index is 6.06. The number of nitrogens with zero attached hydrogens (tertiary/aromatic N) is 2. The zero-order valence-electron chi connectivity index (χ0n) is 10.7. The molecule has 5 nitrogen and oxygen atoms in total. The topological polar surface area (TPSA) is 75.9 Å². The van der Waals surface area contributed by atoms with E-state index >= 15 is 0 Å². The van der Waals surface area contributed by atoms with Gasteiger partial charge in [0.1, 0.15) is 12.0 Å². The lowest BCUT2D eigenvalue weighted by Crippen LogP contribution is -2.23. The molecule has 4 N–H and O–H groups in total. The summed E-state index contributed by atoms with van der Waals surface area (Å²) >= 11 is 0. The molecule has 1 aromatic rings. The van der Waals surface area contributed by atoms with Gasteiger partial charge in [0, 0.05) is 12.6 Å². The third-order valence-electron chi connectivity index (χ3n) is 3.24. The van der Waals surface area contributed by atoms with Crippen molar-refractivity contribution >= 4 is 17.3 Å². The second-order valence-corrected chi connectivity index (χ2v) is 4.63. The van der Waals surface area contributed by atoms with E-state index in [1.54, 1.807) is 6.08 Å². The number of nitrogens with one attached hydrogen (secondary N) is 2. The molecule has 1 fully saturated rings. The first kappa shape index (κ1) is 12.7. The van der Waals surface area contributed by atoms with E-state index in [2.05, 4.69) is 27.2 Å². The number of rotatable bonds is 5. The molecule has 1 aliphatic rings. The molecule has 98 valence electrons. The van der Waals surface area contributed by atoms with Gasteiger partial charge in [-0.2, -0.15) is 0 Å². The summed E-state index contributed by atoms with van der Waals surface area (Å²) in [4.78, 5) is 8.36. The lowest BCUT2D eigenvalue weighted by atomic mass is 9.95. The van der Waals surface area contributed by atoms with Crippen LogP contribution in [0.15, 0.2) is 19.0 Å². The van der Waals surface area contributed by atoms with Crippen molar-refractivity contribution in [3.05, 3.63) is 19.0 Å². The van der Waals surface area contributed by atoms with E-state index in [4.69, 9.17) is 5.73 Å². The fourth-order valence-corrected chi connectivity index (χ4v) is 2.26. The summed E-state index contributed by atoms with van der Waals surface area (Å²) in [6.45, 7) is 4.30. The maximum Gasteiger partial charge on any atom is 0.155 e. The highest BCUT2D eigenvalue weighted by Crippen LogP contribution is 2.26. The Hall–Kier alpha value is -1.78. The average Bonchev–Trinajstić information content (AvgIpc) is 2.41. The second kappa shape index (κ2) is 6.23. The molecule has 0 amide bonds. The van der Waals surface area contributed by atoms with Gasteiger partial charge in [0.15, 0.2) is 11.6 Å². The van der Waals surface area contributed by atoms with Crippen molar-refractivity contribution < 1.29 is 0 Å². The number of aromatic nitrogens is 2. The Labute approximate surface area is 108 Å². The molecule has 0 spiro atoms. The normalized spacial score (nSPS) is 16.2. The van der Waals surface area contributed by atoms with Gasteiger partial charge in [-0.15, -0.1) is 6.58 Å². The lowest BCUT2D eigenvalue weighted by molar-refractivity contribution is 0.462. The fraction of sp³-hybridized carbons (Fsp3) is 0.538. The largest absolute Gasteiger partial charge is 0.393 e. The van der Waals surface area contributed by atoms with E-state index in [0.717, 1.165) is 5.82 Å². The molecule has 0 saturated heterocycles. The van der Waals surface area contributed by atoms with Crippen LogP contribution in [0, 0.1) is 0 Å². The van der Waals surface area contributed by atoms with Crippen molar-refractivity contribution in [2.45, 2.75) is 38.1 Å². The molecule has 0 aromatic carbocycles. The predicted octanol–water partition coefficient (Wildman–Crippen LogP) is 2.40. The molecule has 1 aromatic heterocycles. The van der Waals surface area contributed by atoms with Gasteiger partial charge in [-0.05, 0) is 12.8 Å². The molecule has 2 rings (SSSR count). The molecule has 0 atom stereocenters. The summed E-state index contributed by atoms with van der Waals surface area (Å²) in [6.07, 6.45) is 9.60. The summed E-state index contributed by atoms with van der Waals surface area (Å²) in [5.74, 6) is 1.41. The minimum atomic E-state index is 0.489. The van der Waals surface area contributed by atoms with Crippen molar-refractivity contribution in [2.75, 3.05) is 22.9 Å². The van der Waals surface area contributed by atoms with Gasteiger partial charge in [0.2, 0.25) is 0 Å². The molecule has 1 aliphatic carbocycles. The molecule has 18 heavy (non-hydrogen) atoms. The van der Waals surface area contributed by atoms with E-state index in [0.29, 0.717) is 24.1 Å². The standard InChI is InChI=1S/C13H21N5/c1-2-8-15-12-11(14)13(17-9-16-12)18-10-6-4-3-5-7-10/h2,9-10H,1,3-8,14H2,(H2,15,16,17,18). The molecular formula is C13H21N5. The molecular weight excluding hydrogens is 226 g/mol. The van der Waals surface area contributed by atoms with Crippen LogP contribution in [-0.2, 0) is 0 Å². The molecule has 5 heteroatoms. The van der Waals surface area contributed by atoms with Gasteiger partial charge < -0.3 is 16.4 Å². The van der Waals surface area contributed by atoms with Gasteiger partial charge in [0.25, 0.3) is 0 Å². The predicted molar refractivity (Wildman–Crippen MR) is 75.6 cm³/mol. The Morgan fingerprint density at radius 2 is 2.00 bits per heavy atom. The molecule has 0 bridgehead atoms. The molecule has 0 aliphatic heterocycles. The number of nitrogens with two attached hydrogens (primary N) is 1. The summed E-state index contributed by atoms with van der Waals surface area (Å²) in [5.41, 5.74) is 6.64. The quantitative estimate of drug-likeness (QED) is 0.697. The van der Waals surface area contributed by atoms with Gasteiger partial charge >= 0.3 is 0 Å². The first-order valence-corrected chi connectivity index (χ1v) is 6.53. The Bertz CT molecular complexity index is 398. The Balaban J connectivity index is 2.04. The highest BCUT2D eigenvalue weighted by Gasteiger charge is 2.15. The van der Waals surface area contributed by atoms with E-state index in [1.165, 1.54) is 38.4 Å². The van der Waals surface area contributed by atoms with Crippen LogP contribution in [0.25, 0.3) is 0 Å². The minimum Gasteiger partial charge on any atom is -0.393 e. The Morgan fingerprint density at radius 3 is 2.72 bits per heavy atom. The number of nitrogen functional groups attached to an aromatic ring is 1.